The standard InChI is InChI=1S/C24H34O4S.Na/c1-2-3-4-5-6-7-8-9-10-12-15-21-18-19-23(29(25,26)27)20-24(21)28-22-16-13-11-14-17-22;/h11,13-14,16-20H,2-10,12,15H2,1H3,(H,25,26,27);/q;+1/p-1. The molecule has 0 atom stereocenters. The van der Waals surface area contributed by atoms with E-state index in [0.29, 0.717) is 11.5 Å². The van der Waals surface area contributed by atoms with E-state index in [1.54, 1.807) is 6.07 Å². The third-order valence-corrected chi connectivity index (χ3v) is 5.93. The maximum Gasteiger partial charge on any atom is 1.00 e. The SMILES string of the molecule is CCCCCCCCCCCCc1ccc(S(=O)(=O)[O-])cc1Oc1ccccc1.[Na+]. The van der Waals surface area contributed by atoms with Crippen LogP contribution in [0.1, 0.15) is 76.7 Å². The fourth-order valence-electron chi connectivity index (χ4n) is 3.41. The molecular formula is C24H33NaO4S. The van der Waals surface area contributed by atoms with Crippen molar-refractivity contribution in [2.75, 3.05) is 0 Å². The van der Waals surface area contributed by atoms with Gasteiger partial charge in [-0.2, -0.15) is 0 Å². The van der Waals surface area contributed by atoms with Crippen molar-refractivity contribution in [3.05, 3.63) is 54.1 Å². The number of hydrogen-bond acceptors (Lipinski definition) is 4. The third kappa shape index (κ3) is 10.5. The van der Waals surface area contributed by atoms with Gasteiger partial charge in [0.15, 0.2) is 0 Å². The van der Waals surface area contributed by atoms with Crippen molar-refractivity contribution in [2.45, 2.75) is 82.4 Å². The smallest absolute Gasteiger partial charge is 0.744 e. The van der Waals surface area contributed by atoms with Gasteiger partial charge < -0.3 is 9.29 Å². The number of hydrogen-bond donors (Lipinski definition) is 0. The first-order valence-corrected chi connectivity index (χ1v) is 12.2. The van der Waals surface area contributed by atoms with E-state index < -0.39 is 10.1 Å². The predicted molar refractivity (Wildman–Crippen MR) is 116 cm³/mol. The van der Waals surface area contributed by atoms with Gasteiger partial charge in [0.1, 0.15) is 21.6 Å². The van der Waals surface area contributed by atoms with Crippen LogP contribution in [0.5, 0.6) is 11.5 Å². The van der Waals surface area contributed by atoms with Crippen molar-refractivity contribution in [3.63, 3.8) is 0 Å². The minimum absolute atomic E-state index is 0. The van der Waals surface area contributed by atoms with Crippen LogP contribution in [0, 0.1) is 0 Å². The van der Waals surface area contributed by atoms with E-state index in [4.69, 9.17) is 4.74 Å². The fraction of sp³-hybridized carbons (Fsp3) is 0.500. The van der Waals surface area contributed by atoms with Crippen molar-refractivity contribution in [2.24, 2.45) is 0 Å². The molecule has 0 aliphatic heterocycles. The summed E-state index contributed by atoms with van der Waals surface area (Å²) in [6.45, 7) is 2.24. The maximum atomic E-state index is 11.4. The topological polar surface area (TPSA) is 66.4 Å². The fourth-order valence-corrected chi connectivity index (χ4v) is 3.90. The van der Waals surface area contributed by atoms with Gasteiger partial charge in [-0.15, -0.1) is 0 Å². The minimum Gasteiger partial charge on any atom is -0.744 e. The number of rotatable bonds is 14. The second-order valence-corrected chi connectivity index (χ2v) is 8.95. The number of ether oxygens (including phenoxy) is 1. The van der Waals surface area contributed by atoms with Gasteiger partial charge in [0.25, 0.3) is 0 Å². The van der Waals surface area contributed by atoms with E-state index in [9.17, 15) is 13.0 Å². The molecule has 0 radical (unpaired) electrons. The second-order valence-electron chi connectivity index (χ2n) is 7.57. The number of aryl methyl sites for hydroxylation is 1. The minimum atomic E-state index is -4.51. The molecule has 0 bridgehead atoms. The van der Waals surface area contributed by atoms with Crippen molar-refractivity contribution in [1.29, 1.82) is 0 Å². The molecule has 2 aromatic rings. The Labute approximate surface area is 204 Å². The maximum absolute atomic E-state index is 11.4. The molecule has 2 rings (SSSR count). The van der Waals surface area contributed by atoms with Gasteiger partial charge in [-0.05, 0) is 42.7 Å². The Morgan fingerprint density at radius 3 is 1.93 bits per heavy atom. The van der Waals surface area contributed by atoms with Crippen LogP contribution in [0.3, 0.4) is 0 Å². The predicted octanol–water partition coefficient (Wildman–Crippen LogP) is 3.85. The molecule has 0 spiro atoms. The summed E-state index contributed by atoms with van der Waals surface area (Å²) in [4.78, 5) is -0.254. The molecule has 0 aliphatic rings. The summed E-state index contributed by atoms with van der Waals surface area (Å²) in [5.74, 6) is 1.07. The Balaban J connectivity index is 0.00000450. The molecule has 2 aromatic carbocycles. The molecule has 0 fully saturated rings. The summed E-state index contributed by atoms with van der Waals surface area (Å²) >= 11 is 0. The summed E-state index contributed by atoms with van der Waals surface area (Å²) in [5, 5.41) is 0. The Hall–Kier alpha value is -0.850. The van der Waals surface area contributed by atoms with Crippen LogP contribution in [-0.2, 0) is 16.5 Å². The normalized spacial score (nSPS) is 11.1. The number of unbranched alkanes of at least 4 members (excludes halogenated alkanes) is 9. The summed E-state index contributed by atoms with van der Waals surface area (Å²) in [6, 6.07) is 13.6. The molecule has 0 saturated heterocycles. The van der Waals surface area contributed by atoms with Crippen LogP contribution in [-0.4, -0.2) is 13.0 Å². The first kappa shape index (κ1) is 27.2. The molecule has 0 unspecified atom stereocenters. The summed E-state index contributed by atoms with van der Waals surface area (Å²) in [7, 11) is -4.51. The van der Waals surface area contributed by atoms with Gasteiger partial charge in [0.05, 0.1) is 4.90 Å². The van der Waals surface area contributed by atoms with Gasteiger partial charge in [-0.3, -0.25) is 0 Å². The van der Waals surface area contributed by atoms with Gasteiger partial charge in [-0.25, -0.2) is 8.42 Å². The van der Waals surface area contributed by atoms with Crippen LogP contribution in [0.2, 0.25) is 0 Å². The Morgan fingerprint density at radius 1 is 0.800 bits per heavy atom. The Morgan fingerprint density at radius 2 is 1.37 bits per heavy atom. The van der Waals surface area contributed by atoms with E-state index in [1.807, 2.05) is 30.3 Å². The van der Waals surface area contributed by atoms with E-state index in [1.165, 1.54) is 63.5 Å². The molecule has 4 nitrogen and oxygen atoms in total. The molecule has 0 N–H and O–H groups in total. The van der Waals surface area contributed by atoms with Crippen LogP contribution >= 0.6 is 0 Å². The molecule has 0 aliphatic carbocycles. The van der Waals surface area contributed by atoms with E-state index in [0.717, 1.165) is 24.8 Å². The van der Waals surface area contributed by atoms with Gasteiger partial charge in [0.2, 0.25) is 0 Å². The molecule has 0 saturated carbocycles. The zero-order valence-electron chi connectivity index (χ0n) is 18.4. The molecule has 0 heterocycles. The van der Waals surface area contributed by atoms with Crippen LogP contribution in [0.4, 0.5) is 0 Å². The summed E-state index contributed by atoms with van der Waals surface area (Å²) in [5.41, 5.74) is 0.931. The Bertz CT molecular complexity index is 822. The van der Waals surface area contributed by atoms with Crippen molar-refractivity contribution in [1.82, 2.24) is 0 Å². The largest absolute Gasteiger partial charge is 1.00 e. The molecule has 0 amide bonds. The zero-order chi connectivity index (χ0) is 21.0. The van der Waals surface area contributed by atoms with Gasteiger partial charge >= 0.3 is 29.6 Å². The van der Waals surface area contributed by atoms with E-state index in [-0.39, 0.29) is 34.5 Å². The molecule has 0 aromatic heterocycles. The average Bonchev–Trinajstić information content (AvgIpc) is 2.70. The van der Waals surface area contributed by atoms with Crippen LogP contribution in [0.15, 0.2) is 53.4 Å². The zero-order valence-corrected chi connectivity index (χ0v) is 21.3. The first-order valence-electron chi connectivity index (χ1n) is 10.8. The van der Waals surface area contributed by atoms with Gasteiger partial charge in [0, 0.05) is 0 Å². The third-order valence-electron chi connectivity index (χ3n) is 5.10. The van der Waals surface area contributed by atoms with E-state index in [2.05, 4.69) is 6.92 Å². The van der Waals surface area contributed by atoms with Crippen LogP contribution in [0.25, 0.3) is 0 Å². The molecule has 30 heavy (non-hydrogen) atoms. The van der Waals surface area contributed by atoms with E-state index >= 15 is 0 Å². The van der Waals surface area contributed by atoms with Crippen LogP contribution < -0.4 is 34.3 Å². The molecular weight excluding hydrogens is 407 g/mol. The molecule has 160 valence electrons. The molecule has 6 heteroatoms. The van der Waals surface area contributed by atoms with Crippen molar-refractivity contribution >= 4 is 10.1 Å². The Kier molecular flexibility index (Phi) is 13.6. The first-order chi connectivity index (χ1) is 14.0. The summed E-state index contributed by atoms with van der Waals surface area (Å²) < 4.78 is 40.0. The monoisotopic (exact) mass is 440 g/mol. The van der Waals surface area contributed by atoms with Gasteiger partial charge in [-0.1, -0.05) is 89.0 Å². The quantitative estimate of drug-likeness (QED) is 0.254. The number of benzene rings is 2. The van der Waals surface area contributed by atoms with Crippen molar-refractivity contribution < 1.29 is 47.3 Å². The number of para-hydroxylation sites is 1. The van der Waals surface area contributed by atoms with Crippen molar-refractivity contribution in [3.8, 4) is 11.5 Å². The average molecular weight is 441 g/mol. The second kappa shape index (κ2) is 15.0. The summed E-state index contributed by atoms with van der Waals surface area (Å²) in [6.07, 6.45) is 13.4.